The molecule has 6 rings (SSSR count). The van der Waals surface area contributed by atoms with E-state index in [0.29, 0.717) is 24.9 Å². The van der Waals surface area contributed by atoms with Gasteiger partial charge in [0.1, 0.15) is 18.2 Å². The second kappa shape index (κ2) is 10.2. The maximum atomic E-state index is 16.0. The van der Waals surface area contributed by atoms with Gasteiger partial charge in [-0.1, -0.05) is 35.9 Å². The van der Waals surface area contributed by atoms with Crippen LogP contribution in [-0.4, -0.2) is 52.5 Å². The van der Waals surface area contributed by atoms with Crippen LogP contribution < -0.4 is 20.5 Å². The molecule has 1 amide bonds. The molecule has 3 aromatic rings. The van der Waals surface area contributed by atoms with Crippen molar-refractivity contribution in [3.63, 3.8) is 0 Å². The Kier molecular flexibility index (Phi) is 6.93. The highest BCUT2D eigenvalue weighted by molar-refractivity contribution is 6.34. The van der Waals surface area contributed by atoms with Crippen molar-refractivity contribution >= 4 is 17.5 Å². The number of rotatable bonds is 8. The Hall–Kier alpha value is -3.31. The molecule has 0 radical (unpaired) electrons. The molecule has 1 aromatic heterocycles. The minimum atomic E-state index is -1.05. The van der Waals surface area contributed by atoms with E-state index in [1.165, 1.54) is 6.07 Å². The molecule has 8 nitrogen and oxygen atoms in total. The van der Waals surface area contributed by atoms with E-state index in [9.17, 15) is 9.90 Å². The highest BCUT2D eigenvalue weighted by Crippen LogP contribution is 2.65. The molecule has 2 heterocycles. The number of ether oxygens (including phenoxy) is 2. The third kappa shape index (κ3) is 4.44. The number of benzene rings is 2. The first-order valence-corrected chi connectivity index (χ1v) is 13.9. The van der Waals surface area contributed by atoms with Gasteiger partial charge in [0.25, 0.3) is 11.8 Å². The molecule has 1 aliphatic heterocycles. The molecule has 216 valence electrons. The number of nitrogens with one attached hydrogen (secondary N) is 1. The second-order valence-corrected chi connectivity index (χ2v) is 11.6. The first-order valence-electron chi connectivity index (χ1n) is 13.6. The molecule has 0 spiro atoms. The molecule has 0 saturated heterocycles. The van der Waals surface area contributed by atoms with E-state index in [2.05, 4.69) is 10.3 Å². The number of aliphatic hydroxyl groups is 2. The van der Waals surface area contributed by atoms with Crippen molar-refractivity contribution in [2.75, 3.05) is 19.8 Å². The van der Waals surface area contributed by atoms with Crippen molar-refractivity contribution in [3.05, 3.63) is 75.4 Å². The molecule has 2 atom stereocenters. The number of hydrogen-bond acceptors (Lipinski definition) is 7. The Bertz CT molecular complexity index is 1540. The van der Waals surface area contributed by atoms with Crippen molar-refractivity contribution in [1.82, 2.24) is 10.3 Å². The molecule has 0 unspecified atom stereocenters. The summed E-state index contributed by atoms with van der Waals surface area (Å²) in [5, 5.41) is 22.7. The maximum absolute atomic E-state index is 16.0. The second-order valence-electron chi connectivity index (χ2n) is 11.2. The third-order valence-electron chi connectivity index (χ3n) is 8.55. The van der Waals surface area contributed by atoms with Crippen LogP contribution in [0.15, 0.2) is 36.5 Å². The Morgan fingerprint density at radius 2 is 2.00 bits per heavy atom. The summed E-state index contributed by atoms with van der Waals surface area (Å²) in [7, 11) is 0. The van der Waals surface area contributed by atoms with Crippen molar-refractivity contribution in [2.24, 2.45) is 5.73 Å². The van der Waals surface area contributed by atoms with Crippen LogP contribution in [0.2, 0.25) is 5.02 Å². The SMILES string of the molecule is CC1(O)CCC(NC[C@]23Oc4cc(F)c(Cl)c(-c5c(C(N)=O)cnc(OCCO)c5F)c4[C@@H]2c2ccccc23)CC1. The standard InChI is InChI=1S/C30H30ClF2N3O5/c1-29(39)8-6-15(7-9-29)36-14-30-18-5-3-2-4-16(18)24(30)22-20(41-30)12-19(32)25(31)23(22)21-17(27(34)38)13-35-28(26(21)33)40-11-10-37/h2-5,12-13,15,24,36-37,39H,6-11,14H2,1H3,(H2,34,38)/t15?,24-,29?,30+/m0/s1. The highest BCUT2D eigenvalue weighted by Gasteiger charge is 2.61. The molecule has 1 saturated carbocycles. The van der Waals surface area contributed by atoms with Crippen LogP contribution in [0.5, 0.6) is 11.6 Å². The lowest BCUT2D eigenvalue weighted by Gasteiger charge is -2.47. The Labute approximate surface area is 240 Å². The fourth-order valence-corrected chi connectivity index (χ4v) is 6.76. The van der Waals surface area contributed by atoms with Crippen LogP contribution >= 0.6 is 11.6 Å². The molecule has 0 bridgehead atoms. The fraction of sp³-hybridized carbons (Fsp3) is 0.400. The predicted octanol–water partition coefficient (Wildman–Crippen LogP) is 4.17. The molecule has 2 aliphatic carbocycles. The van der Waals surface area contributed by atoms with Crippen molar-refractivity contribution in [3.8, 4) is 22.8 Å². The van der Waals surface area contributed by atoms with Gasteiger partial charge in [-0.15, -0.1) is 0 Å². The molecule has 1 fully saturated rings. The average molecular weight is 586 g/mol. The van der Waals surface area contributed by atoms with Crippen molar-refractivity contribution in [1.29, 1.82) is 0 Å². The van der Waals surface area contributed by atoms with E-state index in [4.69, 9.17) is 31.9 Å². The van der Waals surface area contributed by atoms with E-state index < -0.39 is 52.2 Å². The number of nitrogens with two attached hydrogens (primary N) is 1. The molecule has 2 aromatic carbocycles. The fourth-order valence-electron chi connectivity index (χ4n) is 6.51. The van der Waals surface area contributed by atoms with Gasteiger partial charge in [-0.2, -0.15) is 0 Å². The smallest absolute Gasteiger partial charge is 0.251 e. The number of amides is 1. The zero-order chi connectivity index (χ0) is 29.1. The number of primary amides is 1. The number of carbonyl (C=O) groups excluding carboxylic acids is 1. The molecular weight excluding hydrogens is 556 g/mol. The van der Waals surface area contributed by atoms with Crippen LogP contribution in [0.3, 0.4) is 0 Å². The summed E-state index contributed by atoms with van der Waals surface area (Å²) in [5.41, 5.74) is 5.56. The third-order valence-corrected chi connectivity index (χ3v) is 8.92. The number of halogens is 3. The lowest BCUT2D eigenvalue weighted by Crippen LogP contribution is -2.54. The zero-order valence-corrected chi connectivity index (χ0v) is 23.1. The van der Waals surface area contributed by atoms with Crippen molar-refractivity contribution < 1.29 is 33.3 Å². The van der Waals surface area contributed by atoms with Crippen LogP contribution in [0.4, 0.5) is 8.78 Å². The molecule has 11 heteroatoms. The number of aromatic nitrogens is 1. The number of fused-ring (bicyclic) bond motifs is 6. The van der Waals surface area contributed by atoms with Crippen LogP contribution in [0.1, 0.15) is 65.6 Å². The first-order chi connectivity index (χ1) is 19.6. The summed E-state index contributed by atoms with van der Waals surface area (Å²) in [6.07, 6.45) is 3.96. The average Bonchev–Trinajstić information content (AvgIpc) is 3.21. The zero-order valence-electron chi connectivity index (χ0n) is 22.3. The molecule has 5 N–H and O–H groups in total. The Morgan fingerprint density at radius 1 is 1.27 bits per heavy atom. The summed E-state index contributed by atoms with van der Waals surface area (Å²) in [5.74, 6) is -3.66. The van der Waals surface area contributed by atoms with E-state index in [-0.39, 0.29) is 35.1 Å². The number of hydrogen-bond donors (Lipinski definition) is 4. The van der Waals surface area contributed by atoms with E-state index in [1.807, 2.05) is 31.2 Å². The molecule has 3 aliphatic rings. The summed E-state index contributed by atoms with van der Waals surface area (Å²) in [6, 6.07) is 9.00. The largest absolute Gasteiger partial charge is 0.480 e. The van der Waals surface area contributed by atoms with Gasteiger partial charge in [-0.05, 0) is 38.2 Å². The topological polar surface area (TPSA) is 127 Å². The van der Waals surface area contributed by atoms with Crippen LogP contribution in [0, 0.1) is 11.6 Å². The molecule has 41 heavy (non-hydrogen) atoms. The van der Waals surface area contributed by atoms with E-state index >= 15 is 8.78 Å². The highest BCUT2D eigenvalue weighted by atomic mass is 35.5. The predicted molar refractivity (Wildman–Crippen MR) is 147 cm³/mol. The Morgan fingerprint density at radius 3 is 2.71 bits per heavy atom. The van der Waals surface area contributed by atoms with Gasteiger partial charge in [-0.3, -0.25) is 4.79 Å². The van der Waals surface area contributed by atoms with Crippen LogP contribution in [0.25, 0.3) is 11.1 Å². The normalized spacial score (nSPS) is 25.9. The summed E-state index contributed by atoms with van der Waals surface area (Å²) < 4.78 is 43.2. The first kappa shape index (κ1) is 27.8. The Balaban J connectivity index is 1.48. The minimum absolute atomic E-state index is 0.0562. The summed E-state index contributed by atoms with van der Waals surface area (Å²) >= 11 is 6.56. The monoisotopic (exact) mass is 585 g/mol. The van der Waals surface area contributed by atoms with Gasteiger partial charge in [-0.25, -0.2) is 13.8 Å². The van der Waals surface area contributed by atoms with Gasteiger partial charge < -0.3 is 30.7 Å². The summed E-state index contributed by atoms with van der Waals surface area (Å²) in [6.45, 7) is 1.57. The lowest BCUT2D eigenvalue weighted by molar-refractivity contribution is 0.00653. The quantitative estimate of drug-likeness (QED) is 0.312. The maximum Gasteiger partial charge on any atom is 0.251 e. The number of nitrogens with zero attached hydrogens (tertiary/aromatic N) is 1. The number of pyridine rings is 1. The van der Waals surface area contributed by atoms with Gasteiger partial charge in [0.2, 0.25) is 0 Å². The van der Waals surface area contributed by atoms with E-state index in [1.54, 1.807) is 0 Å². The lowest BCUT2D eigenvalue weighted by atomic mass is 9.61. The molecular formula is C30H30ClF2N3O5. The van der Waals surface area contributed by atoms with Crippen molar-refractivity contribution in [2.45, 2.75) is 55.8 Å². The number of aliphatic hydroxyl groups excluding tert-OH is 1. The minimum Gasteiger partial charge on any atom is -0.480 e. The van der Waals surface area contributed by atoms with Gasteiger partial charge in [0, 0.05) is 47.1 Å². The van der Waals surface area contributed by atoms with Gasteiger partial charge in [0.05, 0.1) is 28.7 Å². The summed E-state index contributed by atoms with van der Waals surface area (Å²) in [4.78, 5) is 16.3. The number of carbonyl (C=O) groups is 1. The van der Waals surface area contributed by atoms with Gasteiger partial charge >= 0.3 is 0 Å². The van der Waals surface area contributed by atoms with Crippen LogP contribution in [-0.2, 0) is 5.60 Å². The van der Waals surface area contributed by atoms with Gasteiger partial charge in [0.15, 0.2) is 11.4 Å². The van der Waals surface area contributed by atoms with E-state index in [0.717, 1.165) is 30.2 Å².